The van der Waals surface area contributed by atoms with Crippen LogP contribution in [0.2, 0.25) is 0 Å². The lowest BCUT2D eigenvalue weighted by Gasteiger charge is -2.26. The van der Waals surface area contributed by atoms with Gasteiger partial charge < -0.3 is 19.8 Å². The number of nitrogens with one attached hydrogen (secondary N) is 1. The summed E-state index contributed by atoms with van der Waals surface area (Å²) in [6, 6.07) is -0.760. The van der Waals surface area contributed by atoms with Crippen LogP contribution in [0, 0.1) is 0 Å². The molecule has 0 saturated carbocycles. The van der Waals surface area contributed by atoms with Crippen LogP contribution in [-0.2, 0) is 18.4 Å². The smallest absolute Gasteiger partial charge is 0.391 e. The predicted octanol–water partition coefficient (Wildman–Crippen LogP) is 13.5. The quantitative estimate of drug-likeness (QED) is 0.0245. The first-order chi connectivity index (χ1) is 27.0. The van der Waals surface area contributed by atoms with Crippen molar-refractivity contribution in [3.8, 4) is 0 Å². The zero-order valence-electron chi connectivity index (χ0n) is 37.9. The monoisotopic (exact) mass is 816 g/mol. The summed E-state index contributed by atoms with van der Waals surface area (Å²) < 4.78 is 23.6. The molecular formula is C47H96N2O6P+. The molecule has 3 N–H and O–H groups in total. The second-order valence-corrected chi connectivity index (χ2v) is 19.3. The second-order valence-electron chi connectivity index (χ2n) is 17.8. The van der Waals surface area contributed by atoms with E-state index in [1.165, 1.54) is 154 Å². The van der Waals surface area contributed by atoms with Crippen LogP contribution in [0.5, 0.6) is 0 Å². The molecule has 8 nitrogen and oxygen atoms in total. The number of phosphoric acid groups is 1. The van der Waals surface area contributed by atoms with E-state index in [0.717, 1.165) is 51.4 Å². The van der Waals surface area contributed by atoms with Gasteiger partial charge in [0.1, 0.15) is 13.2 Å². The molecule has 0 aromatic heterocycles. The molecule has 9 heteroatoms. The van der Waals surface area contributed by atoms with E-state index in [-0.39, 0.29) is 19.1 Å². The van der Waals surface area contributed by atoms with E-state index in [9.17, 15) is 19.4 Å². The van der Waals surface area contributed by atoms with Gasteiger partial charge in [0, 0.05) is 6.42 Å². The highest BCUT2D eigenvalue weighted by molar-refractivity contribution is 7.47. The number of amides is 1. The second kappa shape index (κ2) is 39.7. The lowest BCUT2D eigenvalue weighted by Crippen LogP contribution is -2.46. The van der Waals surface area contributed by atoms with Gasteiger partial charge in [0.05, 0.1) is 39.9 Å². The van der Waals surface area contributed by atoms with E-state index in [2.05, 4.69) is 31.3 Å². The molecule has 0 aliphatic rings. The zero-order valence-corrected chi connectivity index (χ0v) is 38.8. The van der Waals surface area contributed by atoms with E-state index in [4.69, 9.17) is 9.05 Å². The van der Waals surface area contributed by atoms with Crippen molar-refractivity contribution in [2.45, 2.75) is 244 Å². The Labute approximate surface area is 348 Å². The van der Waals surface area contributed by atoms with Crippen molar-refractivity contribution < 1.29 is 32.9 Å². The van der Waals surface area contributed by atoms with Crippen molar-refractivity contribution in [3.63, 3.8) is 0 Å². The fourth-order valence-corrected chi connectivity index (χ4v) is 7.88. The average Bonchev–Trinajstić information content (AvgIpc) is 3.15. The molecular weight excluding hydrogens is 719 g/mol. The Hall–Kier alpha value is -0.760. The normalized spacial score (nSPS) is 14.3. The van der Waals surface area contributed by atoms with E-state index in [1.54, 1.807) is 0 Å². The van der Waals surface area contributed by atoms with Gasteiger partial charge in [-0.15, -0.1) is 0 Å². The summed E-state index contributed by atoms with van der Waals surface area (Å²) in [5.41, 5.74) is 0. The third-order valence-corrected chi connectivity index (χ3v) is 12.0. The van der Waals surface area contributed by atoms with Gasteiger partial charge >= 0.3 is 7.82 Å². The fourth-order valence-electron chi connectivity index (χ4n) is 7.15. The number of phosphoric ester groups is 1. The molecule has 0 aromatic carbocycles. The Bertz CT molecular complexity index is 927. The van der Waals surface area contributed by atoms with Crippen LogP contribution >= 0.6 is 7.82 Å². The van der Waals surface area contributed by atoms with Gasteiger partial charge in [-0.2, -0.15) is 0 Å². The van der Waals surface area contributed by atoms with Gasteiger partial charge in [-0.25, -0.2) is 4.57 Å². The molecule has 56 heavy (non-hydrogen) atoms. The number of likely N-dealkylation sites (N-methyl/N-ethyl adjacent to an activating group) is 1. The first-order valence-electron chi connectivity index (χ1n) is 24.1. The highest BCUT2D eigenvalue weighted by atomic mass is 31.2. The average molecular weight is 816 g/mol. The maximum Gasteiger partial charge on any atom is 0.472 e. The topological polar surface area (TPSA) is 105 Å². The summed E-state index contributed by atoms with van der Waals surface area (Å²) in [6.45, 7) is 4.86. The van der Waals surface area contributed by atoms with Gasteiger partial charge in [0.15, 0.2) is 0 Å². The number of allylic oxidation sites excluding steroid dienone is 2. The molecule has 334 valence electrons. The van der Waals surface area contributed by atoms with Crippen LogP contribution in [0.15, 0.2) is 12.2 Å². The first-order valence-corrected chi connectivity index (χ1v) is 25.5. The van der Waals surface area contributed by atoms with Crippen molar-refractivity contribution >= 4 is 13.7 Å². The Morgan fingerprint density at radius 3 is 1.43 bits per heavy atom. The van der Waals surface area contributed by atoms with Crippen molar-refractivity contribution in [1.29, 1.82) is 0 Å². The van der Waals surface area contributed by atoms with Crippen molar-refractivity contribution in [3.05, 3.63) is 12.2 Å². The van der Waals surface area contributed by atoms with Crippen LogP contribution in [-0.4, -0.2) is 73.4 Å². The number of unbranched alkanes of at least 4 members (excludes halogenated alkanes) is 29. The Balaban J connectivity index is 4.18. The van der Waals surface area contributed by atoms with E-state index < -0.39 is 20.0 Å². The molecule has 0 aliphatic heterocycles. The molecule has 0 spiro atoms. The predicted molar refractivity (Wildman–Crippen MR) is 240 cm³/mol. The lowest BCUT2D eigenvalue weighted by molar-refractivity contribution is -0.870. The van der Waals surface area contributed by atoms with Crippen molar-refractivity contribution in [2.24, 2.45) is 0 Å². The minimum atomic E-state index is -4.31. The molecule has 0 aliphatic carbocycles. The Kier molecular flexibility index (Phi) is 39.1. The molecule has 3 unspecified atom stereocenters. The summed E-state index contributed by atoms with van der Waals surface area (Å²) in [5.74, 6) is -0.153. The summed E-state index contributed by atoms with van der Waals surface area (Å²) in [4.78, 5) is 23.1. The number of hydrogen-bond acceptors (Lipinski definition) is 5. The molecule has 0 radical (unpaired) electrons. The number of aliphatic hydroxyl groups is 1. The Morgan fingerprint density at radius 1 is 0.589 bits per heavy atom. The number of aliphatic hydroxyl groups excluding tert-OH is 1. The summed E-state index contributed by atoms with van der Waals surface area (Å²) in [6.07, 6.45) is 45.4. The molecule has 3 atom stereocenters. The molecule has 0 bridgehead atoms. The number of rotatable bonds is 44. The van der Waals surface area contributed by atoms with E-state index in [0.29, 0.717) is 23.9 Å². The van der Waals surface area contributed by atoms with E-state index in [1.807, 2.05) is 21.1 Å². The maximum atomic E-state index is 12.9. The highest BCUT2D eigenvalue weighted by Crippen LogP contribution is 2.43. The van der Waals surface area contributed by atoms with Crippen LogP contribution in [0.4, 0.5) is 0 Å². The minimum absolute atomic E-state index is 0.0749. The van der Waals surface area contributed by atoms with Crippen LogP contribution < -0.4 is 5.32 Å². The lowest BCUT2D eigenvalue weighted by atomic mass is 10.0. The summed E-state index contributed by atoms with van der Waals surface area (Å²) in [7, 11) is 1.62. The number of hydrogen-bond donors (Lipinski definition) is 3. The number of quaternary nitrogens is 1. The highest BCUT2D eigenvalue weighted by Gasteiger charge is 2.28. The summed E-state index contributed by atoms with van der Waals surface area (Å²) >= 11 is 0. The third-order valence-electron chi connectivity index (χ3n) is 11.0. The molecule has 0 aromatic rings. The van der Waals surface area contributed by atoms with Gasteiger partial charge in [-0.1, -0.05) is 206 Å². The SMILES string of the molecule is CCCC/C=C\CCCCCCCC(=O)NC(COP(=O)(O)OCC[N+](C)(C)C)C(O)CCCCCCCCCCCCCCCCCCCCCCCCC. The van der Waals surface area contributed by atoms with E-state index >= 15 is 0 Å². The van der Waals surface area contributed by atoms with Gasteiger partial charge in [0.2, 0.25) is 5.91 Å². The van der Waals surface area contributed by atoms with Crippen LogP contribution in [0.25, 0.3) is 0 Å². The van der Waals surface area contributed by atoms with Crippen molar-refractivity contribution in [1.82, 2.24) is 5.32 Å². The molecule has 0 fully saturated rings. The zero-order chi connectivity index (χ0) is 41.4. The largest absolute Gasteiger partial charge is 0.472 e. The molecule has 0 saturated heterocycles. The van der Waals surface area contributed by atoms with Crippen LogP contribution in [0.3, 0.4) is 0 Å². The number of carbonyl (C=O) groups excluding carboxylic acids is 1. The first kappa shape index (κ1) is 55.2. The number of nitrogens with zero attached hydrogens (tertiary/aromatic N) is 1. The standard InChI is InChI=1S/C47H95N2O6P/c1-6-8-10-12-14-16-18-19-20-21-22-23-24-25-26-27-28-29-31-32-34-36-38-40-46(50)45(44-55-56(52,53)54-43-42-49(3,4)5)48-47(51)41-39-37-35-33-30-17-15-13-11-9-7-2/h13,15,45-46,50H,6-12,14,16-44H2,1-5H3,(H-,48,51,52,53)/p+1/b15-13-. The maximum absolute atomic E-state index is 12.9. The van der Waals surface area contributed by atoms with Gasteiger partial charge in [0.25, 0.3) is 0 Å². The summed E-state index contributed by atoms with van der Waals surface area (Å²) in [5, 5.41) is 14.0. The fraction of sp³-hybridized carbons (Fsp3) is 0.936. The Morgan fingerprint density at radius 2 is 0.982 bits per heavy atom. The van der Waals surface area contributed by atoms with Gasteiger partial charge in [-0.3, -0.25) is 13.8 Å². The van der Waals surface area contributed by atoms with Crippen molar-refractivity contribution in [2.75, 3.05) is 40.9 Å². The molecule has 0 heterocycles. The molecule has 0 rings (SSSR count). The third kappa shape index (κ3) is 41.4. The van der Waals surface area contributed by atoms with Gasteiger partial charge in [-0.05, 0) is 32.1 Å². The van der Waals surface area contributed by atoms with Crippen LogP contribution in [0.1, 0.15) is 232 Å². The minimum Gasteiger partial charge on any atom is -0.391 e. The number of carbonyl (C=O) groups is 1. The molecule has 1 amide bonds.